The summed E-state index contributed by atoms with van der Waals surface area (Å²) >= 11 is 7.28. The zero-order valence-corrected chi connectivity index (χ0v) is 14.0. The molecule has 1 aromatic heterocycles. The number of amides is 1. The van der Waals surface area contributed by atoms with Gasteiger partial charge in [-0.15, -0.1) is 11.3 Å². The maximum Gasteiger partial charge on any atom is 0.235 e. The highest BCUT2D eigenvalue weighted by atomic mass is 35.5. The minimum atomic E-state index is -1.20. The highest BCUT2D eigenvalue weighted by Gasteiger charge is 2.24. The second kappa shape index (κ2) is 7.57. The second-order valence-corrected chi connectivity index (χ2v) is 8.77. The summed E-state index contributed by atoms with van der Waals surface area (Å²) in [6.07, 6.45) is 5.70. The van der Waals surface area contributed by atoms with Gasteiger partial charge >= 0.3 is 0 Å². The van der Waals surface area contributed by atoms with Crippen molar-refractivity contribution in [2.45, 2.75) is 56.1 Å². The van der Waals surface area contributed by atoms with E-state index in [9.17, 15) is 9.00 Å². The number of rotatable bonds is 5. The third-order valence-electron chi connectivity index (χ3n) is 3.63. The van der Waals surface area contributed by atoms with Crippen LogP contribution in [0.3, 0.4) is 0 Å². The Balaban J connectivity index is 1.84. The Bertz CT molecular complexity index is 483. The summed E-state index contributed by atoms with van der Waals surface area (Å²) in [7, 11) is -1.20. The van der Waals surface area contributed by atoms with Gasteiger partial charge in [-0.05, 0) is 31.9 Å². The number of hydrogen-bond donors (Lipinski definition) is 1. The lowest BCUT2D eigenvalue weighted by atomic mass is 9.95. The van der Waals surface area contributed by atoms with E-state index in [0.29, 0.717) is 10.1 Å². The maximum atomic E-state index is 12.2. The Morgan fingerprint density at radius 2 is 2.15 bits per heavy atom. The third kappa shape index (κ3) is 4.57. The first kappa shape index (κ1) is 16.0. The van der Waals surface area contributed by atoms with E-state index in [-0.39, 0.29) is 11.9 Å². The summed E-state index contributed by atoms with van der Waals surface area (Å²) in [6.45, 7) is 1.74. The van der Waals surface area contributed by atoms with Crippen molar-refractivity contribution < 1.29 is 9.00 Å². The van der Waals surface area contributed by atoms with E-state index >= 15 is 0 Å². The standard InChI is InChI=1S/C14H20ClNO2S2/c1-10(14(17)16-11-5-3-2-4-6-11)20(18)9-12-7-8-13(15)19-12/h7-8,10-11H,2-6,9H2,1H3,(H,16,17)/t10-,20+/m0/s1. The molecule has 1 heterocycles. The molecule has 0 aliphatic heterocycles. The SMILES string of the molecule is C[C@@H](C(=O)NC1CCCCC1)[S@](=O)Cc1ccc(Cl)s1. The average molecular weight is 334 g/mol. The zero-order chi connectivity index (χ0) is 14.5. The molecule has 2 rings (SSSR count). The number of carbonyl (C=O) groups excluding carboxylic acids is 1. The first-order chi connectivity index (χ1) is 9.56. The number of halogens is 1. The summed E-state index contributed by atoms with van der Waals surface area (Å²) in [6, 6.07) is 3.94. The molecule has 1 fully saturated rings. The summed E-state index contributed by atoms with van der Waals surface area (Å²) in [5.74, 6) is 0.314. The van der Waals surface area contributed by atoms with Crippen LogP contribution >= 0.6 is 22.9 Å². The molecular weight excluding hydrogens is 314 g/mol. The lowest BCUT2D eigenvalue weighted by molar-refractivity contribution is -0.121. The van der Waals surface area contributed by atoms with Gasteiger partial charge < -0.3 is 5.32 Å². The van der Waals surface area contributed by atoms with Crippen molar-refractivity contribution in [3.63, 3.8) is 0 Å². The van der Waals surface area contributed by atoms with Gasteiger partial charge in [-0.3, -0.25) is 9.00 Å². The highest BCUT2D eigenvalue weighted by Crippen LogP contribution is 2.23. The Morgan fingerprint density at radius 3 is 2.75 bits per heavy atom. The average Bonchev–Trinajstić information content (AvgIpc) is 2.84. The molecule has 1 N–H and O–H groups in total. The zero-order valence-electron chi connectivity index (χ0n) is 11.6. The second-order valence-electron chi connectivity index (χ2n) is 5.22. The van der Waals surface area contributed by atoms with Crippen LogP contribution in [0.2, 0.25) is 4.34 Å². The molecule has 3 nitrogen and oxygen atoms in total. The number of thiophene rings is 1. The van der Waals surface area contributed by atoms with Gasteiger partial charge in [0, 0.05) is 21.7 Å². The van der Waals surface area contributed by atoms with Crippen LogP contribution in [0.4, 0.5) is 0 Å². The molecule has 1 saturated carbocycles. The monoisotopic (exact) mass is 333 g/mol. The van der Waals surface area contributed by atoms with E-state index in [1.807, 2.05) is 6.07 Å². The molecule has 0 unspecified atom stereocenters. The van der Waals surface area contributed by atoms with Gasteiger partial charge in [0.15, 0.2) is 0 Å². The van der Waals surface area contributed by atoms with Crippen molar-refractivity contribution in [2.24, 2.45) is 0 Å². The van der Waals surface area contributed by atoms with Crippen LogP contribution in [-0.4, -0.2) is 21.4 Å². The molecule has 1 amide bonds. The Kier molecular flexibility index (Phi) is 6.05. The molecule has 1 aliphatic rings. The minimum absolute atomic E-state index is 0.0853. The van der Waals surface area contributed by atoms with Crippen LogP contribution in [0.5, 0.6) is 0 Å². The van der Waals surface area contributed by atoms with Gasteiger partial charge in [-0.1, -0.05) is 30.9 Å². The quantitative estimate of drug-likeness (QED) is 0.896. The van der Waals surface area contributed by atoms with Gasteiger partial charge in [0.1, 0.15) is 5.25 Å². The smallest absolute Gasteiger partial charge is 0.235 e. The van der Waals surface area contributed by atoms with Crippen molar-refractivity contribution in [2.75, 3.05) is 0 Å². The van der Waals surface area contributed by atoms with Crippen LogP contribution in [0.25, 0.3) is 0 Å². The number of nitrogens with one attached hydrogen (secondary N) is 1. The van der Waals surface area contributed by atoms with Gasteiger partial charge in [0.05, 0.1) is 10.1 Å². The van der Waals surface area contributed by atoms with Crippen molar-refractivity contribution in [3.05, 3.63) is 21.3 Å². The molecule has 1 aromatic rings. The fourth-order valence-electron chi connectivity index (χ4n) is 2.38. The molecule has 1 aliphatic carbocycles. The van der Waals surface area contributed by atoms with Crippen molar-refractivity contribution in [1.29, 1.82) is 0 Å². The van der Waals surface area contributed by atoms with E-state index in [0.717, 1.165) is 17.7 Å². The molecule has 2 atom stereocenters. The van der Waals surface area contributed by atoms with E-state index in [4.69, 9.17) is 11.6 Å². The van der Waals surface area contributed by atoms with Crippen LogP contribution in [-0.2, 0) is 21.3 Å². The predicted molar refractivity (Wildman–Crippen MR) is 85.7 cm³/mol. The van der Waals surface area contributed by atoms with E-state index in [1.54, 1.807) is 13.0 Å². The first-order valence-electron chi connectivity index (χ1n) is 6.98. The van der Waals surface area contributed by atoms with Crippen molar-refractivity contribution >= 4 is 39.6 Å². The maximum absolute atomic E-state index is 12.2. The summed E-state index contributed by atoms with van der Waals surface area (Å²) in [4.78, 5) is 13.1. The highest BCUT2D eigenvalue weighted by molar-refractivity contribution is 7.85. The molecule has 112 valence electrons. The normalized spacial score (nSPS) is 19.5. The van der Waals surface area contributed by atoms with Crippen LogP contribution < -0.4 is 5.32 Å². The molecule has 6 heteroatoms. The lowest BCUT2D eigenvalue weighted by Crippen LogP contribution is -2.42. The predicted octanol–water partition coefficient (Wildman–Crippen LogP) is 3.49. The van der Waals surface area contributed by atoms with E-state index in [1.165, 1.54) is 30.6 Å². The third-order valence-corrected chi connectivity index (χ3v) is 6.64. The minimum Gasteiger partial charge on any atom is -0.352 e. The Morgan fingerprint density at radius 1 is 1.45 bits per heavy atom. The van der Waals surface area contributed by atoms with E-state index < -0.39 is 16.0 Å². The van der Waals surface area contributed by atoms with Gasteiger partial charge in [0.25, 0.3) is 0 Å². The van der Waals surface area contributed by atoms with Crippen LogP contribution in [0.1, 0.15) is 43.9 Å². The molecule has 20 heavy (non-hydrogen) atoms. The topological polar surface area (TPSA) is 46.2 Å². The fraction of sp³-hybridized carbons (Fsp3) is 0.643. The summed E-state index contributed by atoms with van der Waals surface area (Å²) in [5.41, 5.74) is 0. The number of carbonyl (C=O) groups is 1. The van der Waals surface area contributed by atoms with Crippen LogP contribution in [0.15, 0.2) is 12.1 Å². The fourth-order valence-corrected chi connectivity index (χ4v) is 4.78. The van der Waals surface area contributed by atoms with Gasteiger partial charge in [-0.25, -0.2) is 0 Å². The Labute approximate surface area is 131 Å². The molecule has 0 radical (unpaired) electrons. The van der Waals surface area contributed by atoms with Crippen molar-refractivity contribution in [3.8, 4) is 0 Å². The largest absolute Gasteiger partial charge is 0.352 e. The van der Waals surface area contributed by atoms with Crippen molar-refractivity contribution in [1.82, 2.24) is 5.32 Å². The van der Waals surface area contributed by atoms with Gasteiger partial charge in [0.2, 0.25) is 5.91 Å². The molecule has 0 spiro atoms. The lowest BCUT2D eigenvalue weighted by Gasteiger charge is -2.24. The van der Waals surface area contributed by atoms with E-state index in [2.05, 4.69) is 5.32 Å². The first-order valence-corrected chi connectivity index (χ1v) is 9.55. The molecule has 0 bridgehead atoms. The number of hydrogen-bond acceptors (Lipinski definition) is 3. The molecule has 0 saturated heterocycles. The summed E-state index contributed by atoms with van der Waals surface area (Å²) < 4.78 is 12.9. The van der Waals surface area contributed by atoms with Crippen LogP contribution in [0, 0.1) is 0 Å². The Hall–Kier alpha value is -0.390. The molecule has 0 aromatic carbocycles. The molecular formula is C14H20ClNO2S2. The van der Waals surface area contributed by atoms with Gasteiger partial charge in [-0.2, -0.15) is 0 Å². The summed E-state index contributed by atoms with van der Waals surface area (Å²) in [5, 5.41) is 2.56.